The second-order valence-corrected chi connectivity index (χ2v) is 7.55. The maximum Gasteiger partial charge on any atom is 0.165 e. The van der Waals surface area contributed by atoms with Gasteiger partial charge >= 0.3 is 0 Å². The Morgan fingerprint density at radius 3 is 1.85 bits per heavy atom. The molecule has 0 radical (unpaired) electrons. The van der Waals surface area contributed by atoms with E-state index in [0.29, 0.717) is 29.1 Å². The number of hydrogen-bond donors (Lipinski definition) is 0. The van der Waals surface area contributed by atoms with Crippen molar-refractivity contribution in [3.8, 4) is 0 Å². The molecule has 6 aliphatic rings. The molecule has 1 spiro atoms. The van der Waals surface area contributed by atoms with Crippen LogP contribution in [0.4, 0.5) is 0 Å². The fourth-order valence-corrected chi connectivity index (χ4v) is 6.56. The first-order valence-electron chi connectivity index (χ1n) is 7.94. The molecule has 3 heteroatoms. The summed E-state index contributed by atoms with van der Waals surface area (Å²) in [4.78, 5) is 0. The SMILES string of the molecule is c1ccc2c(c1)C1OC3OC4OC2C2C1C3C1(CC1)C42. The fraction of sp³-hybridized carbons (Fsp3) is 0.647. The highest BCUT2D eigenvalue weighted by Crippen LogP contribution is 2.82. The van der Waals surface area contributed by atoms with Crippen LogP contribution in [0.15, 0.2) is 24.3 Å². The van der Waals surface area contributed by atoms with Crippen LogP contribution in [0.3, 0.4) is 0 Å². The molecule has 7 rings (SSSR count). The van der Waals surface area contributed by atoms with Crippen molar-refractivity contribution in [1.82, 2.24) is 0 Å². The van der Waals surface area contributed by atoms with Crippen LogP contribution in [0.25, 0.3) is 0 Å². The molecule has 8 unspecified atom stereocenters. The zero-order valence-electron chi connectivity index (χ0n) is 11.1. The highest BCUT2D eigenvalue weighted by atomic mass is 16.8. The first kappa shape index (κ1) is 9.93. The van der Waals surface area contributed by atoms with Crippen molar-refractivity contribution >= 4 is 0 Å². The van der Waals surface area contributed by atoms with Crippen LogP contribution in [0.1, 0.15) is 36.2 Å². The van der Waals surface area contributed by atoms with Gasteiger partial charge in [-0.15, -0.1) is 0 Å². The summed E-state index contributed by atoms with van der Waals surface area (Å²) in [6.45, 7) is 0. The molecule has 3 aliphatic heterocycles. The first-order chi connectivity index (χ1) is 9.88. The number of ether oxygens (including phenoxy) is 3. The molecular weight excluding hydrogens is 252 g/mol. The molecule has 0 N–H and O–H groups in total. The van der Waals surface area contributed by atoms with Gasteiger partial charge in [-0.2, -0.15) is 0 Å². The standard InChI is InChI=1S/C17H16O3/c1-2-4-8-7(3-1)13-9-10-12-16(19-14(8)10)20-15(18-13)11(9)17(12)5-6-17/h1-4,9-16H,5-6H2. The van der Waals surface area contributed by atoms with Crippen molar-refractivity contribution in [2.75, 3.05) is 0 Å². The molecular formula is C17H16O3. The van der Waals surface area contributed by atoms with Crippen molar-refractivity contribution in [3.63, 3.8) is 0 Å². The second-order valence-electron chi connectivity index (χ2n) is 7.55. The average molecular weight is 268 g/mol. The maximum atomic E-state index is 6.38. The van der Waals surface area contributed by atoms with Crippen LogP contribution < -0.4 is 0 Å². The van der Waals surface area contributed by atoms with E-state index in [1.165, 1.54) is 24.0 Å². The molecule has 1 aromatic rings. The predicted octanol–water partition coefficient (Wildman–Crippen LogP) is 2.78. The summed E-state index contributed by atoms with van der Waals surface area (Å²) in [6.07, 6.45) is 3.24. The highest BCUT2D eigenvalue weighted by Gasteiger charge is 2.81. The number of hydrogen-bond acceptors (Lipinski definition) is 3. The average Bonchev–Trinajstić information content (AvgIpc) is 2.90. The van der Waals surface area contributed by atoms with E-state index >= 15 is 0 Å². The topological polar surface area (TPSA) is 27.7 Å². The van der Waals surface area contributed by atoms with Gasteiger partial charge in [-0.25, -0.2) is 0 Å². The van der Waals surface area contributed by atoms with E-state index in [-0.39, 0.29) is 24.8 Å². The Bertz CT molecular complexity index is 600. The molecule has 3 aliphatic carbocycles. The van der Waals surface area contributed by atoms with Gasteiger partial charge in [0.1, 0.15) is 0 Å². The molecule has 8 atom stereocenters. The van der Waals surface area contributed by atoms with E-state index in [9.17, 15) is 0 Å². The van der Waals surface area contributed by atoms with Gasteiger partial charge in [0.25, 0.3) is 0 Å². The molecule has 0 aromatic heterocycles. The van der Waals surface area contributed by atoms with Gasteiger partial charge in [-0.05, 0) is 29.4 Å². The molecule has 20 heavy (non-hydrogen) atoms. The van der Waals surface area contributed by atoms with E-state index < -0.39 is 0 Å². The van der Waals surface area contributed by atoms with Gasteiger partial charge in [0.2, 0.25) is 0 Å². The second kappa shape index (κ2) is 2.72. The van der Waals surface area contributed by atoms with E-state index in [0.717, 1.165) is 0 Å². The van der Waals surface area contributed by atoms with Gasteiger partial charge in [-0.3, -0.25) is 0 Å². The Hall–Kier alpha value is -0.900. The fourth-order valence-electron chi connectivity index (χ4n) is 6.56. The summed E-state index contributed by atoms with van der Waals surface area (Å²) >= 11 is 0. The molecule has 2 bridgehead atoms. The minimum absolute atomic E-state index is 0.00847. The third-order valence-corrected chi connectivity index (χ3v) is 7.15. The number of rotatable bonds is 0. The lowest BCUT2D eigenvalue weighted by Crippen LogP contribution is -2.43. The van der Waals surface area contributed by atoms with Crippen LogP contribution in [-0.2, 0) is 14.2 Å². The first-order valence-corrected chi connectivity index (χ1v) is 7.94. The van der Waals surface area contributed by atoms with E-state index in [4.69, 9.17) is 14.2 Å². The predicted molar refractivity (Wildman–Crippen MR) is 68.4 cm³/mol. The van der Waals surface area contributed by atoms with E-state index in [1.54, 1.807) is 0 Å². The van der Waals surface area contributed by atoms with Crippen molar-refractivity contribution < 1.29 is 14.2 Å². The van der Waals surface area contributed by atoms with Crippen molar-refractivity contribution in [1.29, 1.82) is 0 Å². The van der Waals surface area contributed by atoms with Crippen LogP contribution >= 0.6 is 0 Å². The van der Waals surface area contributed by atoms with Gasteiger partial charge in [0.15, 0.2) is 12.6 Å². The third-order valence-electron chi connectivity index (χ3n) is 7.15. The van der Waals surface area contributed by atoms with Crippen LogP contribution in [0.2, 0.25) is 0 Å². The van der Waals surface area contributed by atoms with Gasteiger partial charge in [0.05, 0.1) is 12.2 Å². The molecule has 3 nitrogen and oxygen atoms in total. The van der Waals surface area contributed by atoms with E-state index in [2.05, 4.69) is 24.3 Å². The minimum Gasteiger partial charge on any atom is -0.344 e. The van der Waals surface area contributed by atoms with Crippen LogP contribution in [-0.4, -0.2) is 12.6 Å². The van der Waals surface area contributed by atoms with E-state index in [1.807, 2.05) is 0 Å². The normalized spacial score (nSPS) is 57.4. The minimum atomic E-state index is -0.00847. The molecule has 3 heterocycles. The lowest BCUT2D eigenvalue weighted by molar-refractivity contribution is -0.288. The number of benzene rings is 1. The molecule has 3 saturated heterocycles. The summed E-state index contributed by atoms with van der Waals surface area (Å²) < 4.78 is 19.0. The summed E-state index contributed by atoms with van der Waals surface area (Å²) in [5.41, 5.74) is 3.25. The lowest BCUT2D eigenvalue weighted by atomic mass is 9.72. The number of fused-ring (bicyclic) bond motifs is 3. The quantitative estimate of drug-likeness (QED) is 0.724. The third kappa shape index (κ3) is 0.786. The lowest BCUT2D eigenvalue weighted by Gasteiger charge is -2.37. The Morgan fingerprint density at radius 1 is 0.800 bits per heavy atom. The Labute approximate surface area is 117 Å². The highest BCUT2D eigenvalue weighted by molar-refractivity contribution is 5.41. The summed E-state index contributed by atoms with van der Waals surface area (Å²) in [5.74, 6) is 2.55. The molecule has 1 aromatic carbocycles. The van der Waals surface area contributed by atoms with Crippen LogP contribution in [0.5, 0.6) is 0 Å². The van der Waals surface area contributed by atoms with Crippen molar-refractivity contribution in [3.05, 3.63) is 35.4 Å². The summed E-state index contributed by atoms with van der Waals surface area (Å²) in [5, 5.41) is 0. The van der Waals surface area contributed by atoms with Crippen molar-refractivity contribution in [2.24, 2.45) is 29.1 Å². The molecule has 2 saturated carbocycles. The molecule has 102 valence electrons. The Balaban J connectivity index is 1.57. The summed E-state index contributed by atoms with van der Waals surface area (Å²) in [6, 6.07) is 8.75. The maximum absolute atomic E-state index is 6.38. The Kier molecular flexibility index (Phi) is 1.35. The molecule has 0 amide bonds. The largest absolute Gasteiger partial charge is 0.344 e. The van der Waals surface area contributed by atoms with Crippen molar-refractivity contribution in [2.45, 2.75) is 37.6 Å². The zero-order chi connectivity index (χ0) is 12.6. The zero-order valence-corrected chi connectivity index (χ0v) is 11.1. The molecule has 5 fully saturated rings. The monoisotopic (exact) mass is 268 g/mol. The van der Waals surface area contributed by atoms with Gasteiger partial charge in [-0.1, -0.05) is 24.3 Å². The van der Waals surface area contributed by atoms with Gasteiger partial charge in [0, 0.05) is 23.7 Å². The van der Waals surface area contributed by atoms with Gasteiger partial charge < -0.3 is 14.2 Å². The smallest absolute Gasteiger partial charge is 0.165 e. The van der Waals surface area contributed by atoms with Crippen LogP contribution in [0, 0.1) is 29.1 Å². The Morgan fingerprint density at radius 2 is 1.35 bits per heavy atom. The summed E-state index contributed by atoms with van der Waals surface area (Å²) in [7, 11) is 0.